The number of aryl methyl sites for hydroxylation is 1. The summed E-state index contributed by atoms with van der Waals surface area (Å²) >= 11 is 0. The molecular formula is C11H14N4O. The quantitative estimate of drug-likeness (QED) is 0.442. The van der Waals surface area contributed by atoms with Gasteiger partial charge in [-0.3, -0.25) is 4.79 Å². The number of hydrogen-bond donors (Lipinski definition) is 4. The van der Waals surface area contributed by atoms with Gasteiger partial charge in [0.25, 0.3) is 5.91 Å². The van der Waals surface area contributed by atoms with Crippen LogP contribution in [0.2, 0.25) is 0 Å². The lowest BCUT2D eigenvalue weighted by atomic mass is 10.2. The minimum atomic E-state index is -0.730. The van der Waals surface area contributed by atoms with Crippen molar-refractivity contribution in [1.29, 1.82) is 5.41 Å². The minimum absolute atomic E-state index is 0.0411. The van der Waals surface area contributed by atoms with E-state index in [1.807, 2.05) is 31.2 Å². The molecule has 0 spiro atoms. The molecule has 5 nitrogen and oxygen atoms in total. The second-order valence-corrected chi connectivity index (χ2v) is 3.33. The van der Waals surface area contributed by atoms with Gasteiger partial charge in [0.1, 0.15) is 5.82 Å². The van der Waals surface area contributed by atoms with Crippen LogP contribution in [0.25, 0.3) is 0 Å². The number of carbonyl (C=O) groups is 1. The number of hydrogen-bond acceptors (Lipinski definition) is 4. The fourth-order valence-corrected chi connectivity index (χ4v) is 1.14. The van der Waals surface area contributed by atoms with Crippen molar-refractivity contribution < 1.29 is 4.79 Å². The lowest BCUT2D eigenvalue weighted by Gasteiger charge is -2.08. The largest absolute Gasteiger partial charge is 0.385 e. The Morgan fingerprint density at radius 1 is 1.31 bits per heavy atom. The van der Waals surface area contributed by atoms with Crippen LogP contribution < -0.4 is 16.8 Å². The van der Waals surface area contributed by atoms with Crippen molar-refractivity contribution in [3.05, 3.63) is 41.2 Å². The minimum Gasteiger partial charge on any atom is -0.385 e. The molecule has 0 aliphatic carbocycles. The van der Waals surface area contributed by atoms with Crippen LogP contribution in [0.15, 0.2) is 35.7 Å². The van der Waals surface area contributed by atoms with Crippen molar-refractivity contribution in [1.82, 2.24) is 0 Å². The summed E-state index contributed by atoms with van der Waals surface area (Å²) in [6, 6.07) is 7.46. The van der Waals surface area contributed by atoms with Gasteiger partial charge in [-0.2, -0.15) is 0 Å². The molecule has 0 bridgehead atoms. The van der Waals surface area contributed by atoms with Gasteiger partial charge in [0.2, 0.25) is 0 Å². The average molecular weight is 218 g/mol. The number of nitrogens with two attached hydrogens (primary N) is 2. The second-order valence-electron chi connectivity index (χ2n) is 3.33. The molecule has 5 heteroatoms. The first-order valence-corrected chi connectivity index (χ1v) is 4.68. The first kappa shape index (κ1) is 11.8. The van der Waals surface area contributed by atoms with Gasteiger partial charge >= 0.3 is 0 Å². The molecule has 0 saturated heterocycles. The molecule has 1 aromatic carbocycles. The fraction of sp³-hybridized carbons (Fsp3) is 0.0909. The summed E-state index contributed by atoms with van der Waals surface area (Å²) in [6.45, 7) is 1.97. The molecule has 1 aromatic rings. The van der Waals surface area contributed by atoms with Gasteiger partial charge in [-0.05, 0) is 19.1 Å². The Morgan fingerprint density at radius 2 is 1.88 bits per heavy atom. The van der Waals surface area contributed by atoms with E-state index in [-0.39, 0.29) is 11.4 Å². The summed E-state index contributed by atoms with van der Waals surface area (Å²) < 4.78 is 0. The van der Waals surface area contributed by atoms with Gasteiger partial charge in [0.05, 0.1) is 5.57 Å². The van der Waals surface area contributed by atoms with E-state index in [9.17, 15) is 4.79 Å². The normalized spacial score (nSPS) is 11.6. The highest BCUT2D eigenvalue weighted by Crippen LogP contribution is 2.10. The predicted octanol–water partition coefficient (Wildman–Crippen LogP) is 0.712. The molecular weight excluding hydrogens is 204 g/mol. The molecule has 0 aliphatic heterocycles. The third-order valence-electron chi connectivity index (χ3n) is 2.03. The fourth-order valence-electron chi connectivity index (χ4n) is 1.14. The monoisotopic (exact) mass is 218 g/mol. The summed E-state index contributed by atoms with van der Waals surface area (Å²) in [5.74, 6) is -0.654. The second kappa shape index (κ2) is 4.97. The molecule has 84 valence electrons. The SMILES string of the molecule is Cc1ccc(N/C(N)=C(/C=N)C(N)=O)cc1. The Hall–Kier alpha value is -2.30. The summed E-state index contributed by atoms with van der Waals surface area (Å²) in [7, 11) is 0. The van der Waals surface area contributed by atoms with Crippen molar-refractivity contribution in [3.63, 3.8) is 0 Å². The molecule has 1 amide bonds. The van der Waals surface area contributed by atoms with Gasteiger partial charge in [0.15, 0.2) is 0 Å². The van der Waals surface area contributed by atoms with Crippen LogP contribution in [0, 0.1) is 12.3 Å². The molecule has 0 unspecified atom stereocenters. The average Bonchev–Trinajstić information content (AvgIpc) is 2.22. The van der Waals surface area contributed by atoms with E-state index in [4.69, 9.17) is 16.9 Å². The van der Waals surface area contributed by atoms with Crippen LogP contribution in [0.1, 0.15) is 5.56 Å². The number of amides is 1. The van der Waals surface area contributed by atoms with Gasteiger partial charge in [-0.15, -0.1) is 0 Å². The van der Waals surface area contributed by atoms with Gasteiger partial charge in [-0.1, -0.05) is 17.7 Å². The number of rotatable bonds is 4. The van der Waals surface area contributed by atoms with E-state index in [1.165, 1.54) is 0 Å². The number of carbonyl (C=O) groups excluding carboxylic acids is 1. The highest BCUT2D eigenvalue weighted by Gasteiger charge is 2.07. The van der Waals surface area contributed by atoms with Crippen LogP contribution >= 0.6 is 0 Å². The third kappa shape index (κ3) is 2.84. The molecule has 6 N–H and O–H groups in total. The van der Waals surface area contributed by atoms with E-state index >= 15 is 0 Å². The Morgan fingerprint density at radius 3 is 2.31 bits per heavy atom. The maximum atomic E-state index is 10.9. The summed E-state index contributed by atoms with van der Waals surface area (Å²) in [4.78, 5) is 10.9. The van der Waals surface area contributed by atoms with E-state index in [0.29, 0.717) is 0 Å². The van der Waals surface area contributed by atoms with Gasteiger partial charge in [-0.25, -0.2) is 0 Å². The maximum absolute atomic E-state index is 10.9. The van der Waals surface area contributed by atoms with Crippen molar-refractivity contribution in [2.24, 2.45) is 11.5 Å². The van der Waals surface area contributed by atoms with E-state index < -0.39 is 5.91 Å². The Kier molecular flexibility index (Phi) is 3.66. The van der Waals surface area contributed by atoms with E-state index in [1.54, 1.807) is 0 Å². The first-order chi connectivity index (χ1) is 7.54. The first-order valence-electron chi connectivity index (χ1n) is 4.68. The van der Waals surface area contributed by atoms with Crippen LogP contribution in [0.5, 0.6) is 0 Å². The topological polar surface area (TPSA) is 105 Å². The van der Waals surface area contributed by atoms with Crippen LogP contribution in [0.4, 0.5) is 5.69 Å². The molecule has 0 fully saturated rings. The molecule has 0 atom stereocenters. The maximum Gasteiger partial charge on any atom is 0.253 e. The highest BCUT2D eigenvalue weighted by molar-refractivity contribution is 6.11. The summed E-state index contributed by atoms with van der Waals surface area (Å²) in [6.07, 6.45) is 0.832. The van der Waals surface area contributed by atoms with Crippen molar-refractivity contribution in [3.8, 4) is 0 Å². The molecule has 1 rings (SSSR count). The number of anilines is 1. The molecule has 0 heterocycles. The molecule has 0 saturated carbocycles. The summed E-state index contributed by atoms with van der Waals surface area (Å²) in [5.41, 5.74) is 12.5. The summed E-state index contributed by atoms with van der Waals surface area (Å²) in [5, 5.41) is 9.82. The molecule has 0 aliphatic rings. The lowest BCUT2D eigenvalue weighted by Crippen LogP contribution is -2.23. The standard InChI is InChI=1S/C11H14N4O/c1-7-2-4-8(5-3-7)15-10(13)9(6-12)11(14)16/h2-6,12,15H,13H2,1H3,(H2,14,16)/b10-9-,12-6?. The Labute approximate surface area is 93.6 Å². The van der Waals surface area contributed by atoms with Gasteiger partial charge in [0, 0.05) is 11.9 Å². The highest BCUT2D eigenvalue weighted by atomic mass is 16.1. The van der Waals surface area contributed by atoms with Gasteiger partial charge < -0.3 is 22.2 Å². The molecule has 16 heavy (non-hydrogen) atoms. The molecule has 0 radical (unpaired) electrons. The smallest absolute Gasteiger partial charge is 0.253 e. The van der Waals surface area contributed by atoms with E-state index in [2.05, 4.69) is 5.32 Å². The van der Waals surface area contributed by atoms with Crippen molar-refractivity contribution in [2.75, 3.05) is 5.32 Å². The zero-order valence-electron chi connectivity index (χ0n) is 8.95. The number of nitrogens with one attached hydrogen (secondary N) is 2. The third-order valence-corrected chi connectivity index (χ3v) is 2.03. The lowest BCUT2D eigenvalue weighted by molar-refractivity contribution is -0.114. The Balaban J connectivity index is 2.92. The van der Waals surface area contributed by atoms with Crippen LogP contribution in [0.3, 0.4) is 0 Å². The van der Waals surface area contributed by atoms with Crippen molar-refractivity contribution in [2.45, 2.75) is 6.92 Å². The van der Waals surface area contributed by atoms with Crippen LogP contribution in [-0.4, -0.2) is 12.1 Å². The number of primary amides is 1. The number of benzene rings is 1. The van der Waals surface area contributed by atoms with Crippen LogP contribution in [-0.2, 0) is 4.79 Å². The van der Waals surface area contributed by atoms with E-state index in [0.717, 1.165) is 17.5 Å². The Bertz CT molecular complexity index is 434. The zero-order chi connectivity index (χ0) is 12.1. The molecule has 0 aromatic heterocycles. The zero-order valence-corrected chi connectivity index (χ0v) is 8.95. The van der Waals surface area contributed by atoms with Crippen molar-refractivity contribution >= 4 is 17.8 Å². The predicted molar refractivity (Wildman–Crippen MR) is 64.0 cm³/mol.